The maximum absolute atomic E-state index is 4.60. The van der Waals surface area contributed by atoms with E-state index < -0.39 is 0 Å². The Kier molecular flexibility index (Phi) is 7.42. The van der Waals surface area contributed by atoms with E-state index in [1.54, 1.807) is 0 Å². The summed E-state index contributed by atoms with van der Waals surface area (Å²) >= 11 is 0. The minimum Gasteiger partial charge on any atom is -0.369 e. The molecule has 3 heterocycles. The number of rotatable bonds is 6. The summed E-state index contributed by atoms with van der Waals surface area (Å²) in [5.74, 6) is 0.837. The minimum absolute atomic E-state index is 0.837. The van der Waals surface area contributed by atoms with E-state index >= 15 is 0 Å². The lowest BCUT2D eigenvalue weighted by molar-refractivity contribution is 0.154. The fourth-order valence-corrected chi connectivity index (χ4v) is 5.58. The highest BCUT2D eigenvalue weighted by Crippen LogP contribution is 2.26. The Bertz CT molecular complexity index is 1150. The van der Waals surface area contributed by atoms with Crippen LogP contribution in [0, 0.1) is 13.8 Å². The summed E-state index contributed by atoms with van der Waals surface area (Å²) in [6.45, 7) is 20.1. The number of piperazine rings is 2. The molecule has 2 aliphatic heterocycles. The lowest BCUT2D eigenvalue weighted by Crippen LogP contribution is -2.46. The molecule has 6 nitrogen and oxygen atoms in total. The van der Waals surface area contributed by atoms with Gasteiger partial charge in [0.1, 0.15) is 0 Å². The van der Waals surface area contributed by atoms with Gasteiger partial charge in [0, 0.05) is 87.8 Å². The van der Waals surface area contributed by atoms with Crippen molar-refractivity contribution in [1.29, 1.82) is 0 Å². The molecule has 3 aliphatic rings. The molecular weight excluding hydrogens is 444 g/mol. The minimum atomic E-state index is 0.837. The molecule has 2 saturated heterocycles. The molecule has 0 atom stereocenters. The third-order valence-electron chi connectivity index (χ3n) is 7.82. The highest BCUT2D eigenvalue weighted by atomic mass is 15.3. The van der Waals surface area contributed by atoms with E-state index in [4.69, 9.17) is 0 Å². The van der Waals surface area contributed by atoms with Crippen LogP contribution in [0.25, 0.3) is 5.70 Å². The number of hydrogen-bond acceptors (Lipinski definition) is 6. The van der Waals surface area contributed by atoms with Gasteiger partial charge >= 0.3 is 0 Å². The SMILES string of the molecule is C=C(c1cc(CN2CCN(C3=CCCC=C3C)CC2)ccc1C)N1CCN(c2nccc(C)n2)CC1. The smallest absolute Gasteiger partial charge is 0.225 e. The first-order valence-electron chi connectivity index (χ1n) is 13.4. The zero-order chi connectivity index (χ0) is 25.1. The molecule has 1 aromatic heterocycles. The molecule has 1 aliphatic carbocycles. The van der Waals surface area contributed by atoms with Gasteiger partial charge in [-0.1, -0.05) is 30.9 Å². The summed E-state index contributed by atoms with van der Waals surface area (Å²) in [4.78, 5) is 18.9. The van der Waals surface area contributed by atoms with Gasteiger partial charge in [0.05, 0.1) is 0 Å². The molecule has 0 radical (unpaired) electrons. The average molecular weight is 485 g/mol. The Labute approximate surface area is 216 Å². The van der Waals surface area contributed by atoms with Crippen molar-refractivity contribution in [2.24, 2.45) is 0 Å². The molecule has 5 rings (SSSR count). The summed E-state index contributed by atoms with van der Waals surface area (Å²) in [5.41, 5.74) is 9.01. The van der Waals surface area contributed by atoms with Crippen LogP contribution in [0.5, 0.6) is 0 Å². The van der Waals surface area contributed by atoms with Crippen LogP contribution in [0.3, 0.4) is 0 Å². The Morgan fingerprint density at radius 1 is 0.861 bits per heavy atom. The average Bonchev–Trinajstić information content (AvgIpc) is 2.90. The van der Waals surface area contributed by atoms with Crippen molar-refractivity contribution in [1.82, 2.24) is 24.7 Å². The first kappa shape index (κ1) is 24.6. The molecule has 6 heteroatoms. The van der Waals surface area contributed by atoms with Gasteiger partial charge in [0.2, 0.25) is 5.95 Å². The fourth-order valence-electron chi connectivity index (χ4n) is 5.58. The van der Waals surface area contributed by atoms with Crippen LogP contribution in [-0.4, -0.2) is 77.0 Å². The van der Waals surface area contributed by atoms with Crippen molar-refractivity contribution < 1.29 is 0 Å². The molecule has 0 bridgehead atoms. The van der Waals surface area contributed by atoms with Crippen molar-refractivity contribution in [3.05, 3.63) is 82.8 Å². The predicted molar refractivity (Wildman–Crippen MR) is 149 cm³/mol. The van der Waals surface area contributed by atoms with Gasteiger partial charge in [-0.25, -0.2) is 9.97 Å². The zero-order valence-electron chi connectivity index (χ0n) is 22.2. The lowest BCUT2D eigenvalue weighted by atomic mass is 10.0. The van der Waals surface area contributed by atoms with Crippen molar-refractivity contribution in [2.75, 3.05) is 57.3 Å². The van der Waals surface area contributed by atoms with Crippen LogP contribution in [-0.2, 0) is 6.54 Å². The zero-order valence-corrected chi connectivity index (χ0v) is 22.2. The molecular formula is C30H40N6. The second-order valence-electron chi connectivity index (χ2n) is 10.4. The van der Waals surface area contributed by atoms with Crippen molar-refractivity contribution in [2.45, 2.75) is 40.2 Å². The third-order valence-corrected chi connectivity index (χ3v) is 7.82. The van der Waals surface area contributed by atoms with E-state index in [2.05, 4.69) is 80.3 Å². The van der Waals surface area contributed by atoms with Crippen LogP contribution in [0.2, 0.25) is 0 Å². The number of aromatic nitrogens is 2. The summed E-state index contributed by atoms with van der Waals surface area (Å²) in [6.07, 6.45) is 9.03. The van der Waals surface area contributed by atoms with Gasteiger partial charge in [0.15, 0.2) is 0 Å². The Hall–Kier alpha value is -3.12. The van der Waals surface area contributed by atoms with E-state index in [9.17, 15) is 0 Å². The molecule has 0 spiro atoms. The van der Waals surface area contributed by atoms with E-state index in [1.165, 1.54) is 40.8 Å². The molecule has 0 amide bonds. The van der Waals surface area contributed by atoms with Crippen LogP contribution in [0.15, 0.2) is 60.5 Å². The van der Waals surface area contributed by atoms with Crippen LogP contribution in [0.1, 0.15) is 42.1 Å². The van der Waals surface area contributed by atoms with Crippen molar-refractivity contribution in [3.8, 4) is 0 Å². The van der Waals surface area contributed by atoms with E-state index in [1.807, 2.05) is 19.2 Å². The summed E-state index contributed by atoms with van der Waals surface area (Å²) in [7, 11) is 0. The summed E-state index contributed by atoms with van der Waals surface area (Å²) in [5, 5.41) is 0. The molecule has 0 unspecified atom stereocenters. The standard InChI is InChI=1S/C30H40N6/c1-23-9-10-27(22-33-13-15-35(16-14-33)29-8-6-5-7-24(29)2)21-28(23)26(4)34-17-19-36(20-18-34)30-31-12-11-25(3)32-30/h7-12,21H,4-6,13-20,22H2,1-3H3. The third kappa shape index (κ3) is 5.49. The monoisotopic (exact) mass is 484 g/mol. The number of aryl methyl sites for hydroxylation is 2. The topological polar surface area (TPSA) is 38.7 Å². The Morgan fingerprint density at radius 2 is 1.58 bits per heavy atom. The van der Waals surface area contributed by atoms with Crippen molar-refractivity contribution in [3.63, 3.8) is 0 Å². The molecule has 0 N–H and O–H groups in total. The maximum Gasteiger partial charge on any atom is 0.225 e. The predicted octanol–water partition coefficient (Wildman–Crippen LogP) is 4.63. The number of hydrogen-bond donors (Lipinski definition) is 0. The molecule has 0 saturated carbocycles. The van der Waals surface area contributed by atoms with E-state index in [0.717, 1.165) is 76.2 Å². The quantitative estimate of drug-likeness (QED) is 0.595. The molecule has 2 fully saturated rings. The maximum atomic E-state index is 4.60. The van der Waals surface area contributed by atoms with Gasteiger partial charge < -0.3 is 14.7 Å². The van der Waals surface area contributed by atoms with Gasteiger partial charge in [-0.15, -0.1) is 0 Å². The van der Waals surface area contributed by atoms with Crippen LogP contribution < -0.4 is 4.90 Å². The molecule has 1 aromatic carbocycles. The van der Waals surface area contributed by atoms with Crippen LogP contribution in [0.4, 0.5) is 5.95 Å². The molecule has 2 aromatic rings. The van der Waals surface area contributed by atoms with E-state index in [-0.39, 0.29) is 0 Å². The first-order valence-corrected chi connectivity index (χ1v) is 13.4. The van der Waals surface area contributed by atoms with Crippen LogP contribution >= 0.6 is 0 Å². The second kappa shape index (κ2) is 10.9. The normalized spacial score (nSPS) is 19.2. The summed E-state index contributed by atoms with van der Waals surface area (Å²) in [6, 6.07) is 8.88. The van der Waals surface area contributed by atoms with Gasteiger partial charge in [0.25, 0.3) is 0 Å². The van der Waals surface area contributed by atoms with Gasteiger partial charge in [-0.05, 0) is 62.4 Å². The second-order valence-corrected chi connectivity index (χ2v) is 10.4. The Morgan fingerprint density at radius 3 is 2.31 bits per heavy atom. The van der Waals surface area contributed by atoms with Gasteiger partial charge in [-0.3, -0.25) is 4.90 Å². The number of allylic oxidation sites excluding steroid dienone is 3. The summed E-state index contributed by atoms with van der Waals surface area (Å²) < 4.78 is 0. The van der Waals surface area contributed by atoms with Gasteiger partial charge in [-0.2, -0.15) is 0 Å². The molecule has 190 valence electrons. The number of benzene rings is 1. The largest absolute Gasteiger partial charge is 0.369 e. The highest BCUT2D eigenvalue weighted by Gasteiger charge is 2.23. The van der Waals surface area contributed by atoms with Crippen molar-refractivity contribution >= 4 is 11.6 Å². The molecule has 36 heavy (non-hydrogen) atoms. The van der Waals surface area contributed by atoms with E-state index in [0.29, 0.717) is 0 Å². The number of nitrogens with zero attached hydrogens (tertiary/aromatic N) is 6. The first-order chi connectivity index (χ1) is 17.5. The fraction of sp³-hybridized carbons (Fsp3) is 0.467. The lowest BCUT2D eigenvalue weighted by Gasteiger charge is -2.38. The Balaban J connectivity index is 1.18. The number of anilines is 1. The highest BCUT2D eigenvalue weighted by molar-refractivity contribution is 5.66.